The van der Waals surface area contributed by atoms with Crippen LogP contribution >= 0.6 is 11.6 Å². The molecule has 0 saturated carbocycles. The fourth-order valence-electron chi connectivity index (χ4n) is 1.17. The SMILES string of the molecule is Clc1ccc(CNCc2ccon2)cn1. The van der Waals surface area contributed by atoms with Crippen molar-refractivity contribution < 1.29 is 4.52 Å². The third kappa shape index (κ3) is 3.04. The van der Waals surface area contributed by atoms with Crippen LogP contribution in [0.2, 0.25) is 5.15 Å². The van der Waals surface area contributed by atoms with E-state index in [-0.39, 0.29) is 0 Å². The Kier molecular flexibility index (Phi) is 3.32. The molecule has 0 aliphatic heterocycles. The van der Waals surface area contributed by atoms with Gasteiger partial charge in [-0.3, -0.25) is 0 Å². The molecule has 0 unspecified atom stereocenters. The first-order valence-corrected chi connectivity index (χ1v) is 4.93. The van der Waals surface area contributed by atoms with Gasteiger partial charge in [0.05, 0.1) is 5.69 Å². The highest BCUT2D eigenvalue weighted by atomic mass is 35.5. The number of nitrogens with zero attached hydrogens (tertiary/aromatic N) is 2. The zero-order chi connectivity index (χ0) is 10.5. The molecule has 2 aromatic heterocycles. The number of aromatic nitrogens is 2. The second-order valence-electron chi connectivity index (χ2n) is 3.08. The fraction of sp³-hybridized carbons (Fsp3) is 0.200. The van der Waals surface area contributed by atoms with Crippen LogP contribution in [0.4, 0.5) is 0 Å². The highest BCUT2D eigenvalue weighted by molar-refractivity contribution is 6.29. The van der Waals surface area contributed by atoms with Gasteiger partial charge in [-0.15, -0.1) is 0 Å². The number of nitrogens with one attached hydrogen (secondary N) is 1. The average Bonchev–Trinajstić information content (AvgIpc) is 2.74. The monoisotopic (exact) mass is 223 g/mol. The van der Waals surface area contributed by atoms with Gasteiger partial charge in [-0.05, 0) is 11.6 Å². The molecule has 2 rings (SSSR count). The van der Waals surface area contributed by atoms with Crippen LogP contribution in [0, 0.1) is 0 Å². The van der Waals surface area contributed by atoms with Gasteiger partial charge in [0.15, 0.2) is 0 Å². The molecule has 78 valence electrons. The second-order valence-corrected chi connectivity index (χ2v) is 3.47. The Hall–Kier alpha value is -1.39. The molecular weight excluding hydrogens is 214 g/mol. The molecule has 0 atom stereocenters. The second kappa shape index (κ2) is 4.91. The molecule has 2 aromatic rings. The van der Waals surface area contributed by atoms with E-state index in [1.165, 1.54) is 0 Å². The summed E-state index contributed by atoms with van der Waals surface area (Å²) in [6.45, 7) is 1.41. The highest BCUT2D eigenvalue weighted by Crippen LogP contribution is 2.05. The van der Waals surface area contributed by atoms with Gasteiger partial charge in [0.2, 0.25) is 0 Å². The van der Waals surface area contributed by atoms with E-state index >= 15 is 0 Å². The van der Waals surface area contributed by atoms with Crippen molar-refractivity contribution in [3.63, 3.8) is 0 Å². The van der Waals surface area contributed by atoms with Crippen LogP contribution in [0.15, 0.2) is 35.2 Å². The lowest BCUT2D eigenvalue weighted by molar-refractivity contribution is 0.408. The molecule has 0 saturated heterocycles. The Bertz CT molecular complexity index is 399. The maximum Gasteiger partial charge on any atom is 0.129 e. The maximum atomic E-state index is 5.67. The van der Waals surface area contributed by atoms with Crippen molar-refractivity contribution in [3.8, 4) is 0 Å². The number of halogens is 1. The van der Waals surface area contributed by atoms with Crippen molar-refractivity contribution >= 4 is 11.6 Å². The minimum atomic E-state index is 0.509. The molecule has 0 aliphatic rings. The summed E-state index contributed by atoms with van der Waals surface area (Å²) < 4.78 is 4.71. The fourth-order valence-corrected chi connectivity index (χ4v) is 1.29. The first-order valence-electron chi connectivity index (χ1n) is 4.55. The van der Waals surface area contributed by atoms with Crippen molar-refractivity contribution in [1.82, 2.24) is 15.5 Å². The van der Waals surface area contributed by atoms with Gasteiger partial charge < -0.3 is 9.84 Å². The van der Waals surface area contributed by atoms with E-state index in [9.17, 15) is 0 Å². The van der Waals surface area contributed by atoms with Gasteiger partial charge in [0, 0.05) is 25.4 Å². The largest absolute Gasteiger partial charge is 0.364 e. The van der Waals surface area contributed by atoms with Crippen molar-refractivity contribution in [2.75, 3.05) is 0 Å². The van der Waals surface area contributed by atoms with Crippen LogP contribution < -0.4 is 5.32 Å². The molecule has 2 heterocycles. The van der Waals surface area contributed by atoms with Crippen LogP contribution in [0.1, 0.15) is 11.3 Å². The number of rotatable bonds is 4. The van der Waals surface area contributed by atoms with E-state index in [4.69, 9.17) is 16.1 Å². The normalized spacial score (nSPS) is 10.5. The summed E-state index contributed by atoms with van der Waals surface area (Å²) in [5.41, 5.74) is 1.97. The van der Waals surface area contributed by atoms with Crippen molar-refractivity contribution in [3.05, 3.63) is 47.1 Å². The Morgan fingerprint density at radius 3 is 2.87 bits per heavy atom. The van der Waals surface area contributed by atoms with Gasteiger partial charge in [0.25, 0.3) is 0 Å². The third-order valence-electron chi connectivity index (χ3n) is 1.92. The van der Waals surface area contributed by atoms with Gasteiger partial charge in [-0.1, -0.05) is 22.8 Å². The topological polar surface area (TPSA) is 51.0 Å². The van der Waals surface area contributed by atoms with E-state index in [0.717, 1.165) is 17.8 Å². The summed E-state index contributed by atoms with van der Waals surface area (Å²) in [7, 11) is 0. The molecule has 0 fully saturated rings. The van der Waals surface area contributed by atoms with Crippen LogP contribution in [0.3, 0.4) is 0 Å². The zero-order valence-corrected chi connectivity index (χ0v) is 8.74. The van der Waals surface area contributed by atoms with Crippen molar-refractivity contribution in [2.24, 2.45) is 0 Å². The number of hydrogen-bond donors (Lipinski definition) is 1. The van der Waals surface area contributed by atoms with Gasteiger partial charge in [0.1, 0.15) is 11.4 Å². The van der Waals surface area contributed by atoms with Crippen LogP contribution in [-0.2, 0) is 13.1 Å². The predicted molar refractivity (Wildman–Crippen MR) is 56.3 cm³/mol. The minimum absolute atomic E-state index is 0.509. The summed E-state index contributed by atoms with van der Waals surface area (Å²) in [5.74, 6) is 0. The highest BCUT2D eigenvalue weighted by Gasteiger charge is 1.97. The molecule has 0 radical (unpaired) electrons. The van der Waals surface area contributed by atoms with E-state index in [0.29, 0.717) is 11.7 Å². The van der Waals surface area contributed by atoms with E-state index in [1.54, 1.807) is 18.5 Å². The Morgan fingerprint density at radius 1 is 1.27 bits per heavy atom. The first kappa shape index (κ1) is 10.1. The first-order chi connectivity index (χ1) is 7.34. The summed E-state index contributed by atoms with van der Waals surface area (Å²) in [6, 6.07) is 5.53. The van der Waals surface area contributed by atoms with E-state index in [2.05, 4.69) is 15.5 Å². The average molecular weight is 224 g/mol. The third-order valence-corrected chi connectivity index (χ3v) is 2.14. The molecule has 15 heavy (non-hydrogen) atoms. The maximum absolute atomic E-state index is 5.67. The molecular formula is C10H10ClN3O. The molecule has 0 aromatic carbocycles. The Morgan fingerprint density at radius 2 is 2.20 bits per heavy atom. The molecule has 0 aliphatic carbocycles. The smallest absolute Gasteiger partial charge is 0.129 e. The summed E-state index contributed by atoms with van der Waals surface area (Å²) in [6.07, 6.45) is 3.30. The van der Waals surface area contributed by atoms with Gasteiger partial charge >= 0.3 is 0 Å². The lowest BCUT2D eigenvalue weighted by Gasteiger charge is -2.01. The van der Waals surface area contributed by atoms with Crippen LogP contribution in [-0.4, -0.2) is 10.1 Å². The lowest BCUT2D eigenvalue weighted by Crippen LogP contribution is -2.12. The number of hydrogen-bond acceptors (Lipinski definition) is 4. The quantitative estimate of drug-likeness (QED) is 0.806. The van der Waals surface area contributed by atoms with Crippen LogP contribution in [0.25, 0.3) is 0 Å². The standard InChI is InChI=1S/C10H10ClN3O/c11-10-2-1-8(6-13-10)5-12-7-9-3-4-15-14-9/h1-4,6,12H,5,7H2. The number of pyridine rings is 1. The molecule has 0 amide bonds. The summed E-state index contributed by atoms with van der Waals surface area (Å²) >= 11 is 5.67. The Balaban J connectivity index is 1.81. The Labute approximate surface area is 92.3 Å². The van der Waals surface area contributed by atoms with Crippen molar-refractivity contribution in [1.29, 1.82) is 0 Å². The molecule has 4 nitrogen and oxygen atoms in total. The molecule has 1 N–H and O–H groups in total. The van der Waals surface area contributed by atoms with Crippen molar-refractivity contribution in [2.45, 2.75) is 13.1 Å². The zero-order valence-electron chi connectivity index (χ0n) is 7.98. The van der Waals surface area contributed by atoms with E-state index in [1.807, 2.05) is 12.1 Å². The van der Waals surface area contributed by atoms with Gasteiger partial charge in [-0.2, -0.15) is 0 Å². The van der Waals surface area contributed by atoms with Crippen LogP contribution in [0.5, 0.6) is 0 Å². The summed E-state index contributed by atoms with van der Waals surface area (Å²) in [5, 5.41) is 7.51. The lowest BCUT2D eigenvalue weighted by atomic mass is 10.3. The molecule has 0 spiro atoms. The minimum Gasteiger partial charge on any atom is -0.364 e. The van der Waals surface area contributed by atoms with E-state index < -0.39 is 0 Å². The molecule has 5 heteroatoms. The molecule has 0 bridgehead atoms. The summed E-state index contributed by atoms with van der Waals surface area (Å²) in [4.78, 5) is 3.99. The van der Waals surface area contributed by atoms with Gasteiger partial charge in [-0.25, -0.2) is 4.98 Å². The predicted octanol–water partition coefficient (Wildman–Crippen LogP) is 2.01.